The molecule has 7 heteroatoms. The summed E-state index contributed by atoms with van der Waals surface area (Å²) in [6.07, 6.45) is 8.64. The zero-order valence-corrected chi connectivity index (χ0v) is 18.2. The molecule has 0 saturated carbocycles. The van der Waals surface area contributed by atoms with Gasteiger partial charge < -0.3 is 15.5 Å². The summed E-state index contributed by atoms with van der Waals surface area (Å²) in [5.41, 5.74) is 1.18. The SMILES string of the molecule is CCCCCCNC(=NC)NCCc1csc(N2CCCC2)n1.I. The van der Waals surface area contributed by atoms with Crippen molar-refractivity contribution in [2.75, 3.05) is 38.1 Å². The second kappa shape index (κ2) is 12.7. The summed E-state index contributed by atoms with van der Waals surface area (Å²) in [6, 6.07) is 0. The Bertz CT molecular complexity index is 471. The first-order valence-corrected chi connectivity index (χ1v) is 9.85. The van der Waals surface area contributed by atoms with Crippen molar-refractivity contribution in [3.8, 4) is 0 Å². The van der Waals surface area contributed by atoms with Crippen LogP contribution in [0.5, 0.6) is 0 Å². The molecule has 2 heterocycles. The van der Waals surface area contributed by atoms with Crippen molar-refractivity contribution >= 4 is 46.4 Å². The van der Waals surface area contributed by atoms with E-state index in [2.05, 4.69) is 32.8 Å². The van der Waals surface area contributed by atoms with Crippen LogP contribution >= 0.6 is 35.3 Å². The summed E-state index contributed by atoms with van der Waals surface area (Å²) in [7, 11) is 1.83. The number of anilines is 1. The van der Waals surface area contributed by atoms with Gasteiger partial charge in [0.25, 0.3) is 0 Å². The van der Waals surface area contributed by atoms with Gasteiger partial charge >= 0.3 is 0 Å². The molecule has 0 bridgehead atoms. The van der Waals surface area contributed by atoms with Crippen LogP contribution in [0.15, 0.2) is 10.4 Å². The maximum absolute atomic E-state index is 4.75. The quantitative estimate of drug-likeness (QED) is 0.253. The zero-order valence-electron chi connectivity index (χ0n) is 15.0. The fourth-order valence-electron chi connectivity index (χ4n) is 2.75. The summed E-state index contributed by atoms with van der Waals surface area (Å²) >= 11 is 1.77. The van der Waals surface area contributed by atoms with E-state index in [0.717, 1.165) is 25.5 Å². The minimum atomic E-state index is 0. The number of thiazole rings is 1. The van der Waals surface area contributed by atoms with Crippen molar-refractivity contribution in [2.24, 2.45) is 4.99 Å². The second-order valence-electron chi connectivity index (χ2n) is 6.05. The van der Waals surface area contributed by atoms with Gasteiger partial charge in [-0.05, 0) is 19.3 Å². The summed E-state index contributed by atoms with van der Waals surface area (Å²) in [5, 5.41) is 10.1. The van der Waals surface area contributed by atoms with Crippen LogP contribution in [0.4, 0.5) is 5.13 Å². The molecular formula is C17H32IN5S. The van der Waals surface area contributed by atoms with Gasteiger partial charge in [-0.1, -0.05) is 26.2 Å². The van der Waals surface area contributed by atoms with Crippen molar-refractivity contribution in [3.63, 3.8) is 0 Å². The highest BCUT2D eigenvalue weighted by Gasteiger charge is 2.15. The lowest BCUT2D eigenvalue weighted by Gasteiger charge is -2.12. The molecular weight excluding hydrogens is 433 g/mol. The standard InChI is InChI=1S/C17H31N5S.HI/c1-3-4-5-6-10-19-16(18-2)20-11-9-15-14-23-17(21-15)22-12-7-8-13-22;/h14H,3-13H2,1-2H3,(H2,18,19,20);1H. The molecule has 0 aliphatic carbocycles. The van der Waals surface area contributed by atoms with Gasteiger partial charge in [0, 0.05) is 45.0 Å². The smallest absolute Gasteiger partial charge is 0.190 e. The molecule has 138 valence electrons. The molecule has 0 aromatic carbocycles. The summed E-state index contributed by atoms with van der Waals surface area (Å²) < 4.78 is 0. The molecule has 2 rings (SSSR count). The van der Waals surface area contributed by atoms with Crippen molar-refractivity contribution < 1.29 is 0 Å². The van der Waals surface area contributed by atoms with E-state index < -0.39 is 0 Å². The molecule has 1 fully saturated rings. The number of guanidine groups is 1. The predicted molar refractivity (Wildman–Crippen MR) is 116 cm³/mol. The second-order valence-corrected chi connectivity index (χ2v) is 6.89. The highest BCUT2D eigenvalue weighted by atomic mass is 127. The Labute approximate surface area is 167 Å². The monoisotopic (exact) mass is 465 g/mol. The molecule has 0 unspecified atom stereocenters. The van der Waals surface area contributed by atoms with Crippen LogP contribution < -0.4 is 15.5 Å². The number of hydrogen-bond acceptors (Lipinski definition) is 4. The molecule has 5 nitrogen and oxygen atoms in total. The van der Waals surface area contributed by atoms with Gasteiger partial charge in [-0.15, -0.1) is 35.3 Å². The molecule has 1 aliphatic heterocycles. The van der Waals surface area contributed by atoms with Gasteiger partial charge in [-0.2, -0.15) is 0 Å². The van der Waals surface area contributed by atoms with Crippen LogP contribution in [0.1, 0.15) is 51.1 Å². The molecule has 0 atom stereocenters. The Hall–Kier alpha value is -0.570. The molecule has 1 aliphatic rings. The Kier molecular flexibility index (Phi) is 11.4. The Morgan fingerprint density at radius 1 is 1.21 bits per heavy atom. The third kappa shape index (κ3) is 7.55. The van der Waals surface area contributed by atoms with E-state index >= 15 is 0 Å². The van der Waals surface area contributed by atoms with E-state index in [-0.39, 0.29) is 24.0 Å². The molecule has 24 heavy (non-hydrogen) atoms. The number of aromatic nitrogens is 1. The topological polar surface area (TPSA) is 52.6 Å². The van der Waals surface area contributed by atoms with E-state index in [1.165, 1.54) is 62.4 Å². The lowest BCUT2D eigenvalue weighted by Crippen LogP contribution is -2.38. The highest BCUT2D eigenvalue weighted by Crippen LogP contribution is 2.24. The average Bonchev–Trinajstić information content (AvgIpc) is 3.24. The fraction of sp³-hybridized carbons (Fsp3) is 0.765. The first-order valence-electron chi connectivity index (χ1n) is 8.97. The fourth-order valence-corrected chi connectivity index (χ4v) is 3.67. The largest absolute Gasteiger partial charge is 0.356 e. The third-order valence-corrected chi connectivity index (χ3v) is 5.09. The van der Waals surface area contributed by atoms with Gasteiger partial charge in [0.05, 0.1) is 5.69 Å². The van der Waals surface area contributed by atoms with E-state index in [9.17, 15) is 0 Å². The van der Waals surface area contributed by atoms with E-state index in [1.54, 1.807) is 11.3 Å². The Morgan fingerprint density at radius 2 is 1.96 bits per heavy atom. The van der Waals surface area contributed by atoms with Crippen molar-refractivity contribution in [1.82, 2.24) is 15.6 Å². The molecule has 1 aromatic rings. The molecule has 0 amide bonds. The molecule has 1 aromatic heterocycles. The Balaban J connectivity index is 0.00000288. The normalized spacial score (nSPS) is 14.6. The van der Waals surface area contributed by atoms with E-state index in [1.807, 2.05) is 7.05 Å². The first-order chi connectivity index (χ1) is 11.3. The van der Waals surface area contributed by atoms with Gasteiger partial charge in [-0.3, -0.25) is 4.99 Å². The van der Waals surface area contributed by atoms with Gasteiger partial charge in [0.15, 0.2) is 11.1 Å². The number of hydrogen-bond donors (Lipinski definition) is 2. The van der Waals surface area contributed by atoms with Gasteiger partial charge in [0.2, 0.25) is 0 Å². The number of nitrogens with one attached hydrogen (secondary N) is 2. The average molecular weight is 465 g/mol. The van der Waals surface area contributed by atoms with Crippen LogP contribution in [-0.2, 0) is 6.42 Å². The van der Waals surface area contributed by atoms with Crippen LogP contribution in [0, 0.1) is 0 Å². The molecule has 2 N–H and O–H groups in total. The lowest BCUT2D eigenvalue weighted by molar-refractivity contribution is 0.646. The van der Waals surface area contributed by atoms with E-state index in [0.29, 0.717) is 0 Å². The minimum Gasteiger partial charge on any atom is -0.356 e. The van der Waals surface area contributed by atoms with Crippen LogP contribution in [0.25, 0.3) is 0 Å². The van der Waals surface area contributed by atoms with E-state index in [4.69, 9.17) is 4.98 Å². The van der Waals surface area contributed by atoms with Crippen LogP contribution in [0.2, 0.25) is 0 Å². The van der Waals surface area contributed by atoms with Crippen LogP contribution in [0.3, 0.4) is 0 Å². The summed E-state index contributed by atoms with van der Waals surface area (Å²) in [6.45, 7) is 6.44. The highest BCUT2D eigenvalue weighted by molar-refractivity contribution is 14.0. The predicted octanol–water partition coefficient (Wildman–Crippen LogP) is 3.65. The zero-order chi connectivity index (χ0) is 16.3. The minimum absolute atomic E-state index is 0. The van der Waals surface area contributed by atoms with Crippen LogP contribution in [-0.4, -0.2) is 44.2 Å². The summed E-state index contributed by atoms with van der Waals surface area (Å²) in [5.74, 6) is 0.900. The maximum atomic E-state index is 4.75. The van der Waals surface area contributed by atoms with Crippen molar-refractivity contribution in [3.05, 3.63) is 11.1 Å². The number of halogens is 1. The van der Waals surface area contributed by atoms with Gasteiger partial charge in [-0.25, -0.2) is 4.98 Å². The van der Waals surface area contributed by atoms with Crippen molar-refractivity contribution in [1.29, 1.82) is 0 Å². The summed E-state index contributed by atoms with van der Waals surface area (Å²) in [4.78, 5) is 11.4. The number of nitrogens with zero attached hydrogens (tertiary/aromatic N) is 3. The van der Waals surface area contributed by atoms with Crippen molar-refractivity contribution in [2.45, 2.75) is 51.9 Å². The third-order valence-electron chi connectivity index (χ3n) is 4.14. The number of rotatable bonds is 9. The molecule has 1 saturated heterocycles. The lowest BCUT2D eigenvalue weighted by atomic mass is 10.2. The maximum Gasteiger partial charge on any atom is 0.190 e. The molecule has 0 radical (unpaired) electrons. The first kappa shape index (κ1) is 21.5. The number of unbranched alkanes of at least 4 members (excludes halogenated alkanes) is 3. The van der Waals surface area contributed by atoms with Gasteiger partial charge in [0.1, 0.15) is 0 Å². The number of aliphatic imine (C=N–C) groups is 1. The Morgan fingerprint density at radius 3 is 2.67 bits per heavy atom. The molecule has 0 spiro atoms.